The first kappa shape index (κ1) is 15.1. The van der Waals surface area contributed by atoms with E-state index in [-0.39, 0.29) is 12.8 Å². The van der Waals surface area contributed by atoms with Crippen LogP contribution in [0, 0.1) is 0 Å². The van der Waals surface area contributed by atoms with Gasteiger partial charge < -0.3 is 34.6 Å². The number of aliphatic hydroxyl groups excluding tert-OH is 4. The van der Waals surface area contributed by atoms with Gasteiger partial charge in [0.05, 0.1) is 24.4 Å². The molecule has 112 valence electrons. The van der Waals surface area contributed by atoms with Gasteiger partial charge in [0.1, 0.15) is 12.2 Å². The highest BCUT2D eigenvalue weighted by atomic mass is 16.7. The van der Waals surface area contributed by atoms with Crippen LogP contribution in [0.5, 0.6) is 0 Å². The van der Waals surface area contributed by atoms with Crippen molar-refractivity contribution in [3.63, 3.8) is 0 Å². The Kier molecular flexibility index (Phi) is 4.78. The summed E-state index contributed by atoms with van der Waals surface area (Å²) in [6.07, 6.45) is -5.89. The first-order chi connectivity index (χ1) is 8.88. The molecule has 2 aliphatic rings. The Morgan fingerprint density at radius 1 is 0.895 bits per heavy atom. The normalized spacial score (nSPS) is 52.1. The van der Waals surface area contributed by atoms with E-state index in [1.54, 1.807) is 13.8 Å². The second-order valence-electron chi connectivity index (χ2n) is 5.26. The molecule has 8 atom stereocenters. The van der Waals surface area contributed by atoms with E-state index in [1.807, 2.05) is 0 Å². The highest BCUT2D eigenvalue weighted by Crippen LogP contribution is 2.27. The van der Waals surface area contributed by atoms with Crippen LogP contribution in [-0.4, -0.2) is 69.6 Å². The maximum atomic E-state index is 9.94. The van der Waals surface area contributed by atoms with Crippen LogP contribution in [0.25, 0.3) is 0 Å². The Morgan fingerprint density at radius 2 is 1.53 bits per heavy atom. The number of hydrogen-bond acceptors (Lipinski definition) is 7. The molecule has 0 aromatic rings. The molecular formula is C12H22O7. The summed E-state index contributed by atoms with van der Waals surface area (Å²) in [5.74, 6) is 0. The smallest absolute Gasteiger partial charge is 0.161 e. The fraction of sp³-hybridized carbons (Fsp3) is 1.00. The van der Waals surface area contributed by atoms with Gasteiger partial charge in [-0.2, -0.15) is 0 Å². The molecule has 0 radical (unpaired) electrons. The Bertz CT molecular complexity index is 288. The van der Waals surface area contributed by atoms with Crippen molar-refractivity contribution in [3.8, 4) is 0 Å². The summed E-state index contributed by atoms with van der Waals surface area (Å²) in [7, 11) is 0. The predicted molar refractivity (Wildman–Crippen MR) is 63.0 cm³/mol. The van der Waals surface area contributed by atoms with Crippen molar-refractivity contribution in [2.45, 2.75) is 75.9 Å². The van der Waals surface area contributed by atoms with Crippen molar-refractivity contribution in [1.29, 1.82) is 0 Å². The van der Waals surface area contributed by atoms with Crippen molar-refractivity contribution in [2.24, 2.45) is 0 Å². The van der Waals surface area contributed by atoms with E-state index in [0.717, 1.165) is 0 Å². The van der Waals surface area contributed by atoms with E-state index in [0.29, 0.717) is 0 Å². The molecule has 7 nitrogen and oxygen atoms in total. The molecule has 0 bridgehead atoms. The molecule has 4 N–H and O–H groups in total. The van der Waals surface area contributed by atoms with Gasteiger partial charge in [0.15, 0.2) is 12.6 Å². The first-order valence-corrected chi connectivity index (χ1v) is 6.57. The molecular weight excluding hydrogens is 256 g/mol. The third kappa shape index (κ3) is 3.43. The molecule has 2 rings (SSSR count). The first-order valence-electron chi connectivity index (χ1n) is 6.57. The lowest BCUT2D eigenvalue weighted by Gasteiger charge is -2.40. The van der Waals surface area contributed by atoms with Crippen molar-refractivity contribution < 1.29 is 34.6 Å². The number of ether oxygens (including phenoxy) is 3. The summed E-state index contributed by atoms with van der Waals surface area (Å²) in [6.45, 7) is 3.29. The van der Waals surface area contributed by atoms with Gasteiger partial charge in [0, 0.05) is 12.8 Å². The van der Waals surface area contributed by atoms with E-state index in [4.69, 9.17) is 14.2 Å². The summed E-state index contributed by atoms with van der Waals surface area (Å²) in [5.41, 5.74) is 0. The Balaban J connectivity index is 1.93. The summed E-state index contributed by atoms with van der Waals surface area (Å²) in [5, 5.41) is 38.7. The third-order valence-corrected chi connectivity index (χ3v) is 3.67. The topological polar surface area (TPSA) is 109 Å². The van der Waals surface area contributed by atoms with Crippen LogP contribution >= 0.6 is 0 Å². The van der Waals surface area contributed by atoms with Crippen LogP contribution in [0.2, 0.25) is 0 Å². The van der Waals surface area contributed by atoms with E-state index >= 15 is 0 Å². The van der Waals surface area contributed by atoms with Gasteiger partial charge in [-0.3, -0.25) is 0 Å². The van der Waals surface area contributed by atoms with Gasteiger partial charge in [-0.25, -0.2) is 0 Å². The molecule has 0 unspecified atom stereocenters. The third-order valence-electron chi connectivity index (χ3n) is 3.67. The lowest BCUT2D eigenvalue weighted by Crippen LogP contribution is -2.53. The quantitative estimate of drug-likeness (QED) is 0.498. The van der Waals surface area contributed by atoms with E-state index in [2.05, 4.69) is 0 Å². The van der Waals surface area contributed by atoms with Crippen LogP contribution < -0.4 is 0 Å². The highest BCUT2D eigenvalue weighted by Gasteiger charge is 2.40. The monoisotopic (exact) mass is 278 g/mol. The molecule has 2 heterocycles. The second kappa shape index (κ2) is 6.01. The number of aliphatic hydroxyl groups is 4. The van der Waals surface area contributed by atoms with E-state index in [9.17, 15) is 20.4 Å². The molecule has 0 spiro atoms. The van der Waals surface area contributed by atoms with Crippen LogP contribution in [0.3, 0.4) is 0 Å². The molecule has 2 saturated heterocycles. The van der Waals surface area contributed by atoms with Crippen molar-refractivity contribution in [3.05, 3.63) is 0 Å². The van der Waals surface area contributed by atoms with Crippen molar-refractivity contribution >= 4 is 0 Å². The van der Waals surface area contributed by atoms with E-state index in [1.165, 1.54) is 0 Å². The lowest BCUT2D eigenvalue weighted by molar-refractivity contribution is -0.300. The Hall–Kier alpha value is -0.280. The van der Waals surface area contributed by atoms with Gasteiger partial charge in [-0.15, -0.1) is 0 Å². The van der Waals surface area contributed by atoms with Crippen LogP contribution in [0.1, 0.15) is 26.7 Å². The lowest BCUT2D eigenvalue weighted by atomic mass is 10.0. The van der Waals surface area contributed by atoms with Gasteiger partial charge in [0.25, 0.3) is 0 Å². The maximum Gasteiger partial charge on any atom is 0.161 e. The van der Waals surface area contributed by atoms with Gasteiger partial charge in [-0.1, -0.05) is 0 Å². The number of rotatable bonds is 2. The second-order valence-corrected chi connectivity index (χ2v) is 5.26. The maximum absolute atomic E-state index is 9.94. The molecule has 0 saturated carbocycles. The summed E-state index contributed by atoms with van der Waals surface area (Å²) < 4.78 is 16.1. The fourth-order valence-electron chi connectivity index (χ4n) is 2.47. The zero-order valence-electron chi connectivity index (χ0n) is 11.0. The largest absolute Gasteiger partial charge is 0.390 e. The molecule has 0 aromatic carbocycles. The van der Waals surface area contributed by atoms with Gasteiger partial charge in [0.2, 0.25) is 0 Å². The summed E-state index contributed by atoms with van der Waals surface area (Å²) in [6, 6.07) is 0. The Morgan fingerprint density at radius 3 is 2.16 bits per heavy atom. The molecule has 2 aliphatic heterocycles. The molecule has 2 fully saturated rings. The minimum Gasteiger partial charge on any atom is -0.390 e. The molecule has 19 heavy (non-hydrogen) atoms. The molecule has 0 aromatic heterocycles. The Labute approximate surface area is 111 Å². The minimum absolute atomic E-state index is 0.125. The van der Waals surface area contributed by atoms with Gasteiger partial charge in [-0.05, 0) is 13.8 Å². The predicted octanol–water partition coefficient (Wildman–Crippen LogP) is -1.28. The molecule has 0 amide bonds. The SMILES string of the molecule is C[C@H]1O[C@@H](O[C@@H]2C[C@H](O)O[C@H](C)[C@H]2O)C[C@@H](O)[C@H]1O. The van der Waals surface area contributed by atoms with Crippen LogP contribution in [0.4, 0.5) is 0 Å². The zero-order chi connectivity index (χ0) is 14.2. The summed E-state index contributed by atoms with van der Waals surface area (Å²) in [4.78, 5) is 0. The molecule has 0 aliphatic carbocycles. The van der Waals surface area contributed by atoms with E-state index < -0.39 is 49.2 Å². The standard InChI is InChI=1S/C12H22O7/c1-5-11(15)7(13)3-10(18-5)19-8-4-9(14)17-6(2)12(8)16/h5-16H,3-4H2,1-2H3/t5-,6-,7-,8-,9-,10+,11+,12-/m1/s1. The minimum atomic E-state index is -0.986. The average Bonchev–Trinajstić information content (AvgIpc) is 2.32. The van der Waals surface area contributed by atoms with Crippen molar-refractivity contribution in [1.82, 2.24) is 0 Å². The van der Waals surface area contributed by atoms with Gasteiger partial charge >= 0.3 is 0 Å². The average molecular weight is 278 g/mol. The van der Waals surface area contributed by atoms with Crippen molar-refractivity contribution in [2.75, 3.05) is 0 Å². The number of hydrogen-bond donors (Lipinski definition) is 4. The highest BCUT2D eigenvalue weighted by molar-refractivity contribution is 4.84. The van der Waals surface area contributed by atoms with Crippen LogP contribution in [-0.2, 0) is 14.2 Å². The fourth-order valence-corrected chi connectivity index (χ4v) is 2.47. The zero-order valence-corrected chi connectivity index (χ0v) is 11.0. The summed E-state index contributed by atoms with van der Waals surface area (Å²) >= 11 is 0. The van der Waals surface area contributed by atoms with Crippen LogP contribution in [0.15, 0.2) is 0 Å². The molecule has 7 heteroatoms.